The fourth-order valence-corrected chi connectivity index (χ4v) is 2.63. The van der Waals surface area contributed by atoms with E-state index in [9.17, 15) is 8.42 Å². The second-order valence-corrected chi connectivity index (χ2v) is 5.74. The average molecular weight is 343 g/mol. The lowest BCUT2D eigenvalue weighted by Gasteiger charge is -2.08. The minimum atomic E-state index is -3.75. The summed E-state index contributed by atoms with van der Waals surface area (Å²) in [5.74, 6) is 0. The number of carbonyl (C=O) groups is 1. The molecule has 0 bridgehead atoms. The molecule has 0 heterocycles. The summed E-state index contributed by atoms with van der Waals surface area (Å²) < 4.78 is 29.9. The number of amides is 1. The van der Waals surface area contributed by atoms with E-state index in [4.69, 9.17) is 16.4 Å². The van der Waals surface area contributed by atoms with Gasteiger partial charge in [-0.25, -0.2) is 13.1 Å². The third-order valence-corrected chi connectivity index (χ3v) is 3.76. The highest BCUT2D eigenvalue weighted by Gasteiger charge is 2.18. The Morgan fingerprint density at radius 2 is 1.95 bits per heavy atom. The van der Waals surface area contributed by atoms with E-state index in [1.54, 1.807) is 12.1 Å². The third kappa shape index (κ3) is 7.21. The highest BCUT2D eigenvalue weighted by Crippen LogP contribution is 2.19. The maximum absolute atomic E-state index is 11.7. The van der Waals surface area contributed by atoms with E-state index in [2.05, 4.69) is 40.0 Å². The molecule has 0 aliphatic carbocycles. The van der Waals surface area contributed by atoms with E-state index in [0.29, 0.717) is 0 Å². The number of sulfonamides is 1. The topological polar surface area (TPSA) is 98.5 Å². The molecule has 3 N–H and O–H groups in total. The number of thiocarbonyl (C=S) groups is 1. The van der Waals surface area contributed by atoms with Crippen LogP contribution in [0.1, 0.15) is 0 Å². The van der Waals surface area contributed by atoms with E-state index in [-0.39, 0.29) is 15.1 Å². The number of halogens is 1. The van der Waals surface area contributed by atoms with Crippen LogP contribution in [0.2, 0.25) is 5.02 Å². The molecule has 106 valence electrons. The van der Waals surface area contributed by atoms with Gasteiger partial charge in [0.15, 0.2) is 0 Å². The smallest absolute Gasteiger partial charge is 0.273 e. The predicted octanol–water partition coefficient (Wildman–Crippen LogP) is 1.54. The first-order valence-electron chi connectivity index (χ1n) is 4.54. The highest BCUT2D eigenvalue weighted by molar-refractivity contribution is 7.96. The predicted molar refractivity (Wildman–Crippen MR) is 79.9 cm³/mol. The van der Waals surface area contributed by atoms with Gasteiger partial charge in [-0.2, -0.15) is 0 Å². The first-order chi connectivity index (χ1) is 8.70. The molecule has 0 atom stereocenters. The lowest BCUT2D eigenvalue weighted by atomic mass is 10.4. The quantitative estimate of drug-likeness (QED) is 0.559. The number of carbonyl (C=O) groups excluding carboxylic acids is 1. The zero-order chi connectivity index (χ0) is 15.1. The number of hydrogen-bond donors (Lipinski definition) is 3. The molecule has 0 aliphatic rings. The molecule has 1 amide bonds. The molecule has 0 unspecified atom stereocenters. The summed E-state index contributed by atoms with van der Waals surface area (Å²) in [6, 6.07) is 6.06. The summed E-state index contributed by atoms with van der Waals surface area (Å²) in [6.45, 7) is 0. The average Bonchev–Trinajstić information content (AvgIpc) is 2.27. The fraction of sp³-hybridized carbons (Fsp3) is 0.111. The molecule has 19 heavy (non-hydrogen) atoms. The second kappa shape index (κ2) is 8.20. The van der Waals surface area contributed by atoms with E-state index >= 15 is 0 Å². The van der Waals surface area contributed by atoms with Crippen molar-refractivity contribution in [2.24, 2.45) is 5.73 Å². The number of rotatable bonds is 2. The fourth-order valence-electron chi connectivity index (χ4n) is 0.869. The maximum atomic E-state index is 11.7. The number of benzene rings is 1. The minimum absolute atomic E-state index is 0.0360. The molecule has 6 nitrogen and oxygen atoms in total. The second-order valence-electron chi connectivity index (χ2n) is 2.87. The van der Waals surface area contributed by atoms with Crippen LogP contribution in [0.3, 0.4) is 0 Å². The standard InChI is InChI=1S/C8H8ClNO3S2.CH3NOS/c1-13-8(14)10-15(11,12)7-5-3-2-4-6(7)9;2-1(3)4/h2-5H,1H3,(H,10,14);(H3,2,3,4). The van der Waals surface area contributed by atoms with Crippen molar-refractivity contribution >= 4 is 56.9 Å². The van der Waals surface area contributed by atoms with Gasteiger partial charge in [0, 0.05) is 0 Å². The van der Waals surface area contributed by atoms with Crippen LogP contribution in [0.4, 0.5) is 4.79 Å². The molecule has 0 aliphatic heterocycles. The van der Waals surface area contributed by atoms with Gasteiger partial charge in [0.25, 0.3) is 20.4 Å². The molecule has 0 spiro atoms. The third-order valence-electron chi connectivity index (χ3n) is 1.53. The van der Waals surface area contributed by atoms with Crippen molar-refractivity contribution in [1.82, 2.24) is 4.72 Å². The molecule has 1 aromatic carbocycles. The minimum Gasteiger partial charge on any atom is -0.474 e. The van der Waals surface area contributed by atoms with Gasteiger partial charge in [-0.15, -0.1) is 0 Å². The number of nitrogens with one attached hydrogen (secondary N) is 1. The van der Waals surface area contributed by atoms with Crippen molar-refractivity contribution in [3.63, 3.8) is 0 Å². The lowest BCUT2D eigenvalue weighted by molar-refractivity contribution is 0.267. The van der Waals surface area contributed by atoms with Crippen LogP contribution in [0.25, 0.3) is 0 Å². The van der Waals surface area contributed by atoms with Gasteiger partial charge in [0.2, 0.25) is 0 Å². The molecule has 10 heteroatoms. The van der Waals surface area contributed by atoms with Gasteiger partial charge in [0.1, 0.15) is 4.90 Å². The Hall–Kier alpha value is -1.03. The number of nitrogens with two attached hydrogens (primary N) is 1. The largest absolute Gasteiger partial charge is 0.474 e. The first-order valence-corrected chi connectivity index (χ1v) is 7.26. The van der Waals surface area contributed by atoms with Crippen LogP contribution in [0.15, 0.2) is 29.2 Å². The molecular weight excluding hydrogens is 332 g/mol. The zero-order valence-electron chi connectivity index (χ0n) is 9.66. The van der Waals surface area contributed by atoms with Crippen molar-refractivity contribution in [2.75, 3.05) is 7.11 Å². The Morgan fingerprint density at radius 3 is 2.37 bits per heavy atom. The number of primary amides is 1. The van der Waals surface area contributed by atoms with Gasteiger partial charge in [-0.1, -0.05) is 36.4 Å². The van der Waals surface area contributed by atoms with Crippen molar-refractivity contribution < 1.29 is 17.9 Å². The van der Waals surface area contributed by atoms with E-state index in [0.717, 1.165) is 0 Å². The summed E-state index contributed by atoms with van der Waals surface area (Å²) in [5, 5.41) is -0.737. The van der Waals surface area contributed by atoms with Gasteiger partial charge in [0.05, 0.1) is 12.1 Å². The molecule has 0 saturated carbocycles. The van der Waals surface area contributed by atoms with Gasteiger partial charge in [-0.05, 0) is 24.4 Å². The van der Waals surface area contributed by atoms with Crippen LogP contribution in [-0.2, 0) is 14.8 Å². The Balaban J connectivity index is 0.000000711. The van der Waals surface area contributed by atoms with Gasteiger partial charge in [-0.3, -0.25) is 4.79 Å². The monoisotopic (exact) mass is 342 g/mol. The lowest BCUT2D eigenvalue weighted by Crippen LogP contribution is -2.30. The molecule has 0 radical (unpaired) electrons. The highest BCUT2D eigenvalue weighted by atomic mass is 35.5. The Kier molecular flexibility index (Phi) is 7.76. The summed E-state index contributed by atoms with van der Waals surface area (Å²) in [5.41, 5.74) is 4.34. The molecule has 1 rings (SSSR count). The molecule has 0 aromatic heterocycles. The molecule has 1 aromatic rings. The summed E-state index contributed by atoms with van der Waals surface area (Å²) in [7, 11) is -2.48. The number of hydrogen-bond acceptors (Lipinski definition) is 5. The van der Waals surface area contributed by atoms with Crippen LogP contribution in [0.5, 0.6) is 0 Å². The van der Waals surface area contributed by atoms with Crippen molar-refractivity contribution in [1.29, 1.82) is 0 Å². The Morgan fingerprint density at radius 1 is 1.47 bits per heavy atom. The SMILES string of the molecule is COC(=S)NS(=O)(=O)c1ccccc1Cl.NC(=O)S. The molecule has 0 saturated heterocycles. The van der Waals surface area contributed by atoms with Crippen molar-refractivity contribution in [2.45, 2.75) is 4.90 Å². The number of thiol groups is 1. The maximum Gasteiger partial charge on any atom is 0.273 e. The molecular formula is C9H11ClN2O4S3. The first kappa shape index (κ1) is 18.0. The zero-order valence-corrected chi connectivity index (χ0v) is 12.9. The van der Waals surface area contributed by atoms with Crippen LogP contribution in [0, 0.1) is 0 Å². The van der Waals surface area contributed by atoms with E-state index in [1.165, 1.54) is 19.2 Å². The number of ether oxygens (including phenoxy) is 1. The Labute approximate surface area is 126 Å². The van der Waals surface area contributed by atoms with Crippen molar-refractivity contribution in [3.8, 4) is 0 Å². The Bertz CT molecular complexity index is 558. The summed E-state index contributed by atoms with van der Waals surface area (Å²) in [4.78, 5) is 9.05. The van der Waals surface area contributed by atoms with E-state index in [1.807, 2.05) is 0 Å². The van der Waals surface area contributed by atoms with Crippen LogP contribution < -0.4 is 10.5 Å². The summed E-state index contributed by atoms with van der Waals surface area (Å²) in [6.07, 6.45) is 0. The number of methoxy groups -OCH3 is 1. The van der Waals surface area contributed by atoms with Crippen molar-refractivity contribution in [3.05, 3.63) is 29.3 Å². The van der Waals surface area contributed by atoms with Gasteiger partial charge < -0.3 is 10.5 Å². The normalized spacial score (nSPS) is 9.84. The summed E-state index contributed by atoms with van der Waals surface area (Å²) >= 11 is 13.4. The van der Waals surface area contributed by atoms with Crippen LogP contribution >= 0.6 is 36.4 Å². The molecule has 0 fully saturated rings. The van der Waals surface area contributed by atoms with E-state index < -0.39 is 15.3 Å². The van der Waals surface area contributed by atoms with Gasteiger partial charge >= 0.3 is 0 Å². The van der Waals surface area contributed by atoms with Crippen LogP contribution in [-0.4, -0.2) is 25.9 Å².